The first-order chi connectivity index (χ1) is 14.3. The van der Waals surface area contributed by atoms with E-state index in [1.165, 1.54) is 0 Å². The van der Waals surface area contributed by atoms with Crippen LogP contribution in [-0.2, 0) is 17.6 Å². The minimum Gasteiger partial charge on any atom is -0.771 e. The molecule has 3 aromatic rings. The van der Waals surface area contributed by atoms with Crippen LogP contribution in [0.3, 0.4) is 0 Å². The molecule has 6 nitrogen and oxygen atoms in total. The predicted octanol–water partition coefficient (Wildman–Crippen LogP) is 4.83. The van der Waals surface area contributed by atoms with E-state index in [1.54, 1.807) is 30.3 Å². The Balaban J connectivity index is 1.90. The monoisotopic (exact) mass is 466 g/mol. The average Bonchev–Trinajstić information content (AvgIpc) is 3.01. The molecule has 0 radical (unpaired) electrons. The number of fused-ring (bicyclic) bond motifs is 1. The molecule has 0 saturated carbocycles. The Kier molecular flexibility index (Phi) is 7.52. The van der Waals surface area contributed by atoms with Crippen molar-refractivity contribution in [3.63, 3.8) is 0 Å². The predicted molar refractivity (Wildman–Crippen MR) is 120 cm³/mol. The SMILES string of the molecule is CCCCC(NC(=O)c1ccc2nc(C)n(Cc3ccc(Cl)cc3Cl)c2c1)S(=O)[O-]. The highest BCUT2D eigenvalue weighted by Crippen LogP contribution is 2.25. The van der Waals surface area contributed by atoms with Crippen molar-refractivity contribution in [2.75, 3.05) is 0 Å². The van der Waals surface area contributed by atoms with Crippen molar-refractivity contribution < 1.29 is 13.6 Å². The lowest BCUT2D eigenvalue weighted by atomic mass is 10.1. The number of hydrogen-bond donors (Lipinski definition) is 1. The Labute approximate surface area is 187 Å². The van der Waals surface area contributed by atoms with Crippen LogP contribution in [0, 0.1) is 6.92 Å². The first-order valence-corrected chi connectivity index (χ1v) is 11.5. The zero-order valence-electron chi connectivity index (χ0n) is 16.7. The molecule has 1 N–H and O–H groups in total. The minimum atomic E-state index is -2.38. The van der Waals surface area contributed by atoms with Gasteiger partial charge in [-0.3, -0.25) is 9.00 Å². The summed E-state index contributed by atoms with van der Waals surface area (Å²) in [6, 6.07) is 10.4. The number of nitrogens with zero attached hydrogens (tertiary/aromatic N) is 2. The maximum atomic E-state index is 12.7. The normalized spacial score (nSPS) is 13.4. The van der Waals surface area contributed by atoms with Gasteiger partial charge < -0.3 is 14.4 Å². The van der Waals surface area contributed by atoms with Gasteiger partial charge in [0.25, 0.3) is 5.91 Å². The van der Waals surface area contributed by atoms with Gasteiger partial charge in [0.2, 0.25) is 0 Å². The molecule has 1 heterocycles. The zero-order chi connectivity index (χ0) is 21.8. The van der Waals surface area contributed by atoms with Gasteiger partial charge in [-0.1, -0.05) is 49.0 Å². The van der Waals surface area contributed by atoms with Crippen molar-refractivity contribution in [3.05, 3.63) is 63.4 Å². The number of hydrogen-bond acceptors (Lipinski definition) is 4. The smallest absolute Gasteiger partial charge is 0.252 e. The number of carbonyl (C=O) groups excluding carboxylic acids is 1. The van der Waals surface area contributed by atoms with E-state index in [0.29, 0.717) is 35.0 Å². The largest absolute Gasteiger partial charge is 0.771 e. The van der Waals surface area contributed by atoms with Gasteiger partial charge in [-0.05, 0) is 60.3 Å². The lowest BCUT2D eigenvalue weighted by Crippen LogP contribution is -2.37. The van der Waals surface area contributed by atoms with Crippen molar-refractivity contribution in [2.24, 2.45) is 0 Å². The molecule has 0 aliphatic heterocycles. The highest BCUT2D eigenvalue weighted by molar-refractivity contribution is 7.79. The lowest BCUT2D eigenvalue weighted by Gasteiger charge is -2.21. The molecule has 0 bridgehead atoms. The van der Waals surface area contributed by atoms with Gasteiger partial charge in [-0.25, -0.2) is 4.98 Å². The summed E-state index contributed by atoms with van der Waals surface area (Å²) in [7, 11) is 0. The lowest BCUT2D eigenvalue weighted by molar-refractivity contribution is 0.0946. The van der Waals surface area contributed by atoms with Gasteiger partial charge in [-0.2, -0.15) is 0 Å². The number of unbranched alkanes of at least 4 members (excludes halogenated alkanes) is 1. The molecule has 0 aliphatic carbocycles. The molecule has 0 saturated heterocycles. The van der Waals surface area contributed by atoms with Crippen LogP contribution in [0.1, 0.15) is 47.9 Å². The van der Waals surface area contributed by atoms with E-state index in [9.17, 15) is 13.6 Å². The van der Waals surface area contributed by atoms with E-state index in [0.717, 1.165) is 28.8 Å². The van der Waals surface area contributed by atoms with Gasteiger partial charge in [-0.15, -0.1) is 0 Å². The number of carbonyl (C=O) groups is 1. The number of halogens is 2. The summed E-state index contributed by atoms with van der Waals surface area (Å²) < 4.78 is 24.9. The number of aromatic nitrogens is 2. The van der Waals surface area contributed by atoms with Crippen LogP contribution in [-0.4, -0.2) is 29.6 Å². The molecule has 2 unspecified atom stereocenters. The molecule has 1 amide bonds. The summed E-state index contributed by atoms with van der Waals surface area (Å²) in [6.07, 6.45) is 1.94. The maximum Gasteiger partial charge on any atom is 0.252 e. The summed E-state index contributed by atoms with van der Waals surface area (Å²) in [5.41, 5.74) is 2.75. The molecular formula is C21H22Cl2N3O3S-. The van der Waals surface area contributed by atoms with Crippen LogP contribution >= 0.6 is 23.2 Å². The third kappa shape index (κ3) is 5.21. The summed E-state index contributed by atoms with van der Waals surface area (Å²) in [4.78, 5) is 17.2. The third-order valence-electron chi connectivity index (χ3n) is 4.89. The van der Waals surface area contributed by atoms with Gasteiger partial charge in [0.05, 0.1) is 23.0 Å². The maximum absolute atomic E-state index is 12.7. The molecule has 1 aromatic heterocycles. The highest BCUT2D eigenvalue weighted by atomic mass is 35.5. The van der Waals surface area contributed by atoms with Gasteiger partial charge in [0.15, 0.2) is 0 Å². The van der Waals surface area contributed by atoms with Crippen LogP contribution in [0.15, 0.2) is 36.4 Å². The quantitative estimate of drug-likeness (QED) is 0.481. The Morgan fingerprint density at radius 1 is 1.27 bits per heavy atom. The number of aryl methyl sites for hydroxylation is 1. The average molecular weight is 467 g/mol. The van der Waals surface area contributed by atoms with E-state index in [1.807, 2.05) is 24.5 Å². The number of imidazole rings is 1. The molecule has 160 valence electrons. The summed E-state index contributed by atoms with van der Waals surface area (Å²) in [5.74, 6) is 0.340. The van der Waals surface area contributed by atoms with Crippen molar-refractivity contribution in [1.82, 2.24) is 14.9 Å². The van der Waals surface area contributed by atoms with Crippen molar-refractivity contribution in [2.45, 2.75) is 45.0 Å². The second-order valence-corrected chi connectivity index (χ2v) is 8.98. The minimum absolute atomic E-state index is 0.373. The molecule has 0 aliphatic rings. The van der Waals surface area contributed by atoms with Crippen molar-refractivity contribution in [3.8, 4) is 0 Å². The second-order valence-electron chi connectivity index (χ2n) is 7.05. The van der Waals surface area contributed by atoms with Crippen LogP contribution in [0.4, 0.5) is 0 Å². The van der Waals surface area contributed by atoms with E-state index in [4.69, 9.17) is 23.2 Å². The second kappa shape index (κ2) is 9.92. The Hall–Kier alpha value is -1.93. The van der Waals surface area contributed by atoms with E-state index < -0.39 is 22.4 Å². The van der Waals surface area contributed by atoms with Gasteiger partial charge >= 0.3 is 0 Å². The van der Waals surface area contributed by atoms with E-state index in [-0.39, 0.29) is 0 Å². The summed E-state index contributed by atoms with van der Waals surface area (Å²) in [6.45, 7) is 4.31. The summed E-state index contributed by atoms with van der Waals surface area (Å²) >= 11 is 9.92. The molecule has 0 fully saturated rings. The fourth-order valence-corrected chi connectivity index (χ4v) is 4.27. The van der Waals surface area contributed by atoms with Gasteiger partial charge in [0, 0.05) is 15.6 Å². The Morgan fingerprint density at radius 3 is 2.70 bits per heavy atom. The number of benzene rings is 2. The van der Waals surface area contributed by atoms with E-state index >= 15 is 0 Å². The molecule has 0 spiro atoms. The van der Waals surface area contributed by atoms with Crippen molar-refractivity contribution >= 4 is 51.2 Å². The number of amides is 1. The van der Waals surface area contributed by atoms with Crippen LogP contribution in [0.2, 0.25) is 10.0 Å². The molecule has 2 aromatic carbocycles. The zero-order valence-corrected chi connectivity index (χ0v) is 19.0. The van der Waals surface area contributed by atoms with Crippen LogP contribution < -0.4 is 5.32 Å². The first-order valence-electron chi connectivity index (χ1n) is 9.60. The first kappa shape index (κ1) is 22.7. The van der Waals surface area contributed by atoms with Gasteiger partial charge in [0.1, 0.15) is 5.82 Å². The summed E-state index contributed by atoms with van der Waals surface area (Å²) in [5, 5.41) is 2.81. The topological polar surface area (TPSA) is 87.0 Å². The highest BCUT2D eigenvalue weighted by Gasteiger charge is 2.17. The standard InChI is InChI=1S/C21H23Cl2N3O3S/c1-3-4-5-20(30(28)29)25-21(27)14-7-9-18-19(10-14)26(13(2)24-18)12-15-6-8-16(22)11-17(15)23/h6-11,20H,3-5,12H2,1-2H3,(H,25,27)(H,28,29)/p-1. The van der Waals surface area contributed by atoms with Crippen LogP contribution in [0.25, 0.3) is 11.0 Å². The molecule has 30 heavy (non-hydrogen) atoms. The molecular weight excluding hydrogens is 445 g/mol. The third-order valence-corrected chi connectivity index (χ3v) is 6.29. The Bertz CT molecular complexity index is 1100. The van der Waals surface area contributed by atoms with E-state index in [2.05, 4.69) is 10.3 Å². The molecule has 2 atom stereocenters. The molecule has 3 rings (SSSR count). The molecule has 9 heteroatoms. The Morgan fingerprint density at radius 2 is 2.03 bits per heavy atom. The number of nitrogens with one attached hydrogen (secondary N) is 1. The number of rotatable bonds is 8. The van der Waals surface area contributed by atoms with Crippen LogP contribution in [0.5, 0.6) is 0 Å². The fraction of sp³-hybridized carbons (Fsp3) is 0.333. The fourth-order valence-electron chi connectivity index (χ4n) is 3.24. The van der Waals surface area contributed by atoms with Crippen molar-refractivity contribution in [1.29, 1.82) is 0 Å².